The molecule has 0 aliphatic carbocycles. The summed E-state index contributed by atoms with van der Waals surface area (Å²) in [5.41, 5.74) is 5.78. The molecule has 17 heavy (non-hydrogen) atoms. The third-order valence-corrected chi connectivity index (χ3v) is 3.69. The lowest BCUT2D eigenvalue weighted by Gasteiger charge is -2.23. The second-order valence-electron chi connectivity index (χ2n) is 4.31. The predicted molar refractivity (Wildman–Crippen MR) is 68.2 cm³/mol. The van der Waals surface area contributed by atoms with Gasteiger partial charge < -0.3 is 15.8 Å². The topological polar surface area (TPSA) is 78.0 Å². The largest absolute Gasteiger partial charge is 0.375 e. The van der Waals surface area contributed by atoms with Gasteiger partial charge in [-0.3, -0.25) is 4.57 Å². The molecule has 0 amide bonds. The Labute approximate surface area is 105 Å². The molecule has 1 unspecified atom stereocenters. The van der Waals surface area contributed by atoms with Gasteiger partial charge >= 0.3 is 0 Å². The van der Waals surface area contributed by atoms with Crippen LogP contribution in [0.1, 0.15) is 19.9 Å². The fourth-order valence-electron chi connectivity index (χ4n) is 1.77. The van der Waals surface area contributed by atoms with Crippen LogP contribution in [0.25, 0.3) is 0 Å². The Balaban J connectivity index is 1.94. The normalized spacial score (nSPS) is 21.0. The number of ether oxygens (including phenoxy) is 1. The van der Waals surface area contributed by atoms with Crippen molar-refractivity contribution in [3.63, 3.8) is 0 Å². The molecule has 96 valence electrons. The molecule has 0 radical (unpaired) electrons. The molecule has 1 saturated heterocycles. The van der Waals surface area contributed by atoms with Gasteiger partial charge in [-0.15, -0.1) is 10.2 Å². The molecule has 1 atom stereocenters. The van der Waals surface area contributed by atoms with Gasteiger partial charge in [0.05, 0.1) is 12.7 Å². The highest BCUT2D eigenvalue weighted by molar-refractivity contribution is 7.99. The Hall–Kier alpha value is -0.790. The molecular formula is C10H19N5OS. The van der Waals surface area contributed by atoms with E-state index in [0.29, 0.717) is 5.95 Å². The fourth-order valence-corrected chi connectivity index (χ4v) is 2.86. The van der Waals surface area contributed by atoms with Crippen molar-refractivity contribution in [2.24, 2.45) is 0 Å². The summed E-state index contributed by atoms with van der Waals surface area (Å²) in [4.78, 5) is 0. The van der Waals surface area contributed by atoms with E-state index in [-0.39, 0.29) is 12.1 Å². The SMILES string of the molecule is CC(C)n1c(N)nnc1SCC1CNCCO1. The fraction of sp³-hybridized carbons (Fsp3) is 0.800. The Morgan fingerprint density at radius 2 is 2.41 bits per heavy atom. The van der Waals surface area contributed by atoms with Crippen molar-refractivity contribution in [3.8, 4) is 0 Å². The summed E-state index contributed by atoms with van der Waals surface area (Å²) in [5, 5.41) is 12.2. The van der Waals surface area contributed by atoms with E-state index in [0.717, 1.165) is 30.6 Å². The molecule has 1 aliphatic heterocycles. The molecule has 1 aliphatic rings. The van der Waals surface area contributed by atoms with Crippen LogP contribution >= 0.6 is 11.8 Å². The van der Waals surface area contributed by atoms with Crippen LogP contribution in [0.3, 0.4) is 0 Å². The minimum atomic E-state index is 0.243. The van der Waals surface area contributed by atoms with Crippen molar-refractivity contribution in [2.45, 2.75) is 31.1 Å². The van der Waals surface area contributed by atoms with Crippen LogP contribution in [0.15, 0.2) is 5.16 Å². The highest BCUT2D eigenvalue weighted by Crippen LogP contribution is 2.23. The monoisotopic (exact) mass is 257 g/mol. The Bertz CT molecular complexity index is 362. The van der Waals surface area contributed by atoms with E-state index in [1.807, 2.05) is 4.57 Å². The number of aromatic nitrogens is 3. The second kappa shape index (κ2) is 5.70. The third-order valence-electron chi connectivity index (χ3n) is 2.61. The highest BCUT2D eigenvalue weighted by atomic mass is 32.2. The molecule has 0 bridgehead atoms. The zero-order chi connectivity index (χ0) is 12.3. The van der Waals surface area contributed by atoms with Crippen LogP contribution in [-0.2, 0) is 4.74 Å². The summed E-state index contributed by atoms with van der Waals surface area (Å²) in [6.07, 6.45) is 0.243. The summed E-state index contributed by atoms with van der Waals surface area (Å²) in [5.74, 6) is 1.35. The number of rotatable bonds is 4. The quantitative estimate of drug-likeness (QED) is 0.766. The number of anilines is 1. The molecule has 2 heterocycles. The van der Waals surface area contributed by atoms with E-state index in [2.05, 4.69) is 29.4 Å². The molecule has 6 nitrogen and oxygen atoms in total. The van der Waals surface area contributed by atoms with Crippen LogP contribution < -0.4 is 11.1 Å². The average Bonchev–Trinajstić information content (AvgIpc) is 2.69. The summed E-state index contributed by atoms with van der Waals surface area (Å²) < 4.78 is 7.58. The van der Waals surface area contributed by atoms with Gasteiger partial charge in [0, 0.05) is 24.9 Å². The van der Waals surface area contributed by atoms with Crippen LogP contribution in [-0.4, -0.2) is 46.3 Å². The number of hydrogen-bond donors (Lipinski definition) is 2. The molecule has 0 saturated carbocycles. The highest BCUT2D eigenvalue weighted by Gasteiger charge is 2.17. The van der Waals surface area contributed by atoms with Gasteiger partial charge in [-0.25, -0.2) is 0 Å². The summed E-state index contributed by atoms with van der Waals surface area (Å²) in [6.45, 7) is 6.77. The van der Waals surface area contributed by atoms with Crippen molar-refractivity contribution in [3.05, 3.63) is 0 Å². The maximum atomic E-state index is 5.78. The minimum absolute atomic E-state index is 0.243. The van der Waals surface area contributed by atoms with Crippen molar-refractivity contribution in [1.82, 2.24) is 20.1 Å². The molecule has 1 aromatic heterocycles. The zero-order valence-electron chi connectivity index (χ0n) is 10.2. The molecule has 1 aromatic rings. The van der Waals surface area contributed by atoms with Gasteiger partial charge in [0.2, 0.25) is 5.95 Å². The first-order valence-electron chi connectivity index (χ1n) is 5.84. The lowest BCUT2D eigenvalue weighted by molar-refractivity contribution is 0.0440. The van der Waals surface area contributed by atoms with E-state index >= 15 is 0 Å². The number of morpholine rings is 1. The number of thioether (sulfide) groups is 1. The van der Waals surface area contributed by atoms with Crippen LogP contribution in [0.5, 0.6) is 0 Å². The predicted octanol–water partition coefficient (Wildman–Crippen LogP) is 0.522. The molecule has 7 heteroatoms. The molecule has 1 fully saturated rings. The minimum Gasteiger partial charge on any atom is -0.375 e. The van der Waals surface area contributed by atoms with Gasteiger partial charge in [-0.1, -0.05) is 11.8 Å². The first kappa shape index (κ1) is 12.7. The summed E-state index contributed by atoms with van der Waals surface area (Å²) in [7, 11) is 0. The van der Waals surface area contributed by atoms with Crippen LogP contribution in [0, 0.1) is 0 Å². The van der Waals surface area contributed by atoms with Gasteiger partial charge in [0.1, 0.15) is 0 Å². The van der Waals surface area contributed by atoms with Crippen LogP contribution in [0.4, 0.5) is 5.95 Å². The molecular weight excluding hydrogens is 238 g/mol. The number of nitrogens with one attached hydrogen (secondary N) is 1. The number of nitrogen functional groups attached to an aromatic ring is 1. The van der Waals surface area contributed by atoms with Crippen molar-refractivity contribution in [2.75, 3.05) is 31.2 Å². The zero-order valence-corrected chi connectivity index (χ0v) is 11.0. The van der Waals surface area contributed by atoms with Gasteiger partial charge in [0.25, 0.3) is 0 Å². The van der Waals surface area contributed by atoms with Crippen molar-refractivity contribution in [1.29, 1.82) is 0 Å². The van der Waals surface area contributed by atoms with Crippen molar-refractivity contribution < 1.29 is 4.74 Å². The molecule has 2 rings (SSSR count). The summed E-state index contributed by atoms with van der Waals surface area (Å²) in [6, 6.07) is 0.276. The van der Waals surface area contributed by atoms with Crippen LogP contribution in [0.2, 0.25) is 0 Å². The van der Waals surface area contributed by atoms with Gasteiger partial charge in [-0.2, -0.15) is 0 Å². The Morgan fingerprint density at radius 3 is 3.06 bits per heavy atom. The number of hydrogen-bond acceptors (Lipinski definition) is 6. The Morgan fingerprint density at radius 1 is 1.59 bits per heavy atom. The van der Waals surface area contributed by atoms with Crippen molar-refractivity contribution >= 4 is 17.7 Å². The maximum absolute atomic E-state index is 5.78. The Kier molecular flexibility index (Phi) is 4.25. The first-order valence-corrected chi connectivity index (χ1v) is 6.82. The van der Waals surface area contributed by atoms with Gasteiger partial charge in [-0.05, 0) is 13.8 Å². The summed E-state index contributed by atoms with van der Waals surface area (Å²) >= 11 is 1.65. The smallest absolute Gasteiger partial charge is 0.222 e. The third kappa shape index (κ3) is 3.11. The second-order valence-corrected chi connectivity index (χ2v) is 5.30. The average molecular weight is 257 g/mol. The van der Waals surface area contributed by atoms with Gasteiger partial charge in [0.15, 0.2) is 5.16 Å². The maximum Gasteiger partial charge on any atom is 0.222 e. The first-order chi connectivity index (χ1) is 8.18. The molecule has 0 spiro atoms. The van der Waals surface area contributed by atoms with E-state index in [1.165, 1.54) is 0 Å². The van der Waals surface area contributed by atoms with E-state index < -0.39 is 0 Å². The number of nitrogens with two attached hydrogens (primary N) is 1. The standard InChI is InChI=1S/C10H19N5OS/c1-7(2)15-9(11)13-14-10(15)17-6-8-5-12-3-4-16-8/h7-8,12H,3-6H2,1-2H3,(H2,11,13). The lowest BCUT2D eigenvalue weighted by Crippen LogP contribution is -2.39. The van der Waals surface area contributed by atoms with E-state index in [1.54, 1.807) is 11.8 Å². The number of nitrogens with zero attached hydrogens (tertiary/aromatic N) is 3. The lowest BCUT2D eigenvalue weighted by atomic mass is 10.3. The van der Waals surface area contributed by atoms with E-state index in [4.69, 9.17) is 10.5 Å². The van der Waals surface area contributed by atoms with E-state index in [9.17, 15) is 0 Å². The molecule has 3 N–H and O–H groups in total. The molecule has 0 aromatic carbocycles.